The van der Waals surface area contributed by atoms with E-state index in [1.165, 1.54) is 0 Å². The number of thiazole rings is 1. The first-order valence-corrected chi connectivity index (χ1v) is 7.96. The number of nitrogens with zero attached hydrogens (tertiary/aromatic N) is 1. The van der Waals surface area contributed by atoms with E-state index in [1.807, 2.05) is 19.2 Å². The molecule has 21 heavy (non-hydrogen) atoms. The number of halogens is 2. The van der Waals surface area contributed by atoms with Gasteiger partial charge in [0.25, 0.3) is 5.91 Å². The third-order valence-electron chi connectivity index (χ3n) is 2.65. The summed E-state index contributed by atoms with van der Waals surface area (Å²) in [5, 5.41) is 6.29. The number of hydrogen-bond donors (Lipinski definition) is 1. The fourth-order valence-corrected chi connectivity index (χ4v) is 2.94. The monoisotopic (exact) mass is 344 g/mol. The van der Waals surface area contributed by atoms with Crippen molar-refractivity contribution in [2.45, 2.75) is 20.4 Å². The van der Waals surface area contributed by atoms with Crippen molar-refractivity contribution < 1.29 is 9.53 Å². The molecule has 1 heterocycles. The van der Waals surface area contributed by atoms with Gasteiger partial charge in [-0.05, 0) is 26.0 Å². The first kappa shape index (κ1) is 16.1. The van der Waals surface area contributed by atoms with E-state index in [-0.39, 0.29) is 5.91 Å². The molecule has 0 radical (unpaired) electrons. The average Bonchev–Trinajstić information content (AvgIpc) is 2.85. The lowest BCUT2D eigenvalue weighted by Gasteiger charge is -2.10. The van der Waals surface area contributed by atoms with E-state index in [0.717, 1.165) is 10.7 Å². The summed E-state index contributed by atoms with van der Waals surface area (Å²) >= 11 is 13.7. The van der Waals surface area contributed by atoms with Crippen LogP contribution in [0.15, 0.2) is 17.5 Å². The molecule has 1 N–H and O–H groups in total. The predicted molar refractivity (Wildman–Crippen MR) is 85.7 cm³/mol. The van der Waals surface area contributed by atoms with Gasteiger partial charge in [-0.3, -0.25) is 4.79 Å². The SMILES string of the molecule is CCOc1c(Cl)cc(C(=O)NCc2csc(C)n2)cc1Cl. The van der Waals surface area contributed by atoms with Crippen LogP contribution in [-0.4, -0.2) is 17.5 Å². The highest BCUT2D eigenvalue weighted by Crippen LogP contribution is 2.34. The van der Waals surface area contributed by atoms with Gasteiger partial charge < -0.3 is 10.1 Å². The molecule has 1 aromatic carbocycles. The fraction of sp³-hybridized carbons (Fsp3) is 0.286. The molecule has 7 heteroatoms. The van der Waals surface area contributed by atoms with Crippen LogP contribution in [0.4, 0.5) is 0 Å². The van der Waals surface area contributed by atoms with Gasteiger partial charge in [0.1, 0.15) is 0 Å². The summed E-state index contributed by atoms with van der Waals surface area (Å²) in [6.45, 7) is 4.57. The van der Waals surface area contributed by atoms with Crippen molar-refractivity contribution in [2.75, 3.05) is 6.61 Å². The van der Waals surface area contributed by atoms with Crippen LogP contribution in [0, 0.1) is 6.92 Å². The molecule has 0 aliphatic heterocycles. The van der Waals surface area contributed by atoms with Crippen molar-refractivity contribution in [3.05, 3.63) is 43.8 Å². The second-order valence-electron chi connectivity index (χ2n) is 4.24. The summed E-state index contributed by atoms with van der Waals surface area (Å²) in [7, 11) is 0. The predicted octanol–water partition coefficient (Wildman–Crippen LogP) is 4.09. The van der Waals surface area contributed by atoms with E-state index in [9.17, 15) is 4.79 Å². The number of nitrogens with one attached hydrogen (secondary N) is 1. The highest BCUT2D eigenvalue weighted by atomic mass is 35.5. The second-order valence-corrected chi connectivity index (χ2v) is 6.12. The van der Waals surface area contributed by atoms with Crippen LogP contribution in [0.3, 0.4) is 0 Å². The highest BCUT2D eigenvalue weighted by Gasteiger charge is 2.14. The molecular weight excluding hydrogens is 331 g/mol. The standard InChI is InChI=1S/C14H14Cl2N2O2S/c1-3-20-13-11(15)4-9(5-12(13)16)14(19)17-6-10-7-21-8(2)18-10/h4-5,7H,3,6H2,1-2H3,(H,17,19). The molecule has 0 fully saturated rings. The quantitative estimate of drug-likeness (QED) is 0.888. The number of amides is 1. The van der Waals surface area contributed by atoms with Crippen molar-refractivity contribution in [2.24, 2.45) is 0 Å². The Morgan fingerprint density at radius 3 is 2.57 bits per heavy atom. The van der Waals surface area contributed by atoms with Crippen LogP contribution >= 0.6 is 34.5 Å². The summed E-state index contributed by atoms with van der Waals surface area (Å²) in [5.74, 6) is 0.139. The van der Waals surface area contributed by atoms with Crippen LogP contribution in [0.1, 0.15) is 28.0 Å². The fourth-order valence-electron chi connectivity index (χ4n) is 1.74. The van der Waals surface area contributed by atoms with Crippen molar-refractivity contribution in [1.82, 2.24) is 10.3 Å². The normalized spacial score (nSPS) is 10.5. The van der Waals surface area contributed by atoms with E-state index in [2.05, 4.69) is 10.3 Å². The lowest BCUT2D eigenvalue weighted by atomic mass is 10.2. The van der Waals surface area contributed by atoms with Gasteiger partial charge in [0, 0.05) is 10.9 Å². The molecule has 0 unspecified atom stereocenters. The van der Waals surface area contributed by atoms with Gasteiger partial charge in [0.05, 0.1) is 33.9 Å². The van der Waals surface area contributed by atoms with Crippen molar-refractivity contribution in [3.8, 4) is 5.75 Å². The molecule has 2 aromatic rings. The number of carbonyl (C=O) groups is 1. The average molecular weight is 345 g/mol. The summed E-state index contributed by atoms with van der Waals surface area (Å²) in [4.78, 5) is 16.4. The number of rotatable bonds is 5. The number of hydrogen-bond acceptors (Lipinski definition) is 4. The smallest absolute Gasteiger partial charge is 0.251 e. The van der Waals surface area contributed by atoms with Gasteiger partial charge in [-0.2, -0.15) is 0 Å². The molecule has 0 saturated heterocycles. The lowest BCUT2D eigenvalue weighted by molar-refractivity contribution is 0.0950. The number of aryl methyl sites for hydroxylation is 1. The Labute approximate surface area is 137 Å². The van der Waals surface area contributed by atoms with E-state index in [0.29, 0.717) is 34.5 Å². The Kier molecular flexibility index (Phi) is 5.45. The van der Waals surface area contributed by atoms with E-state index in [1.54, 1.807) is 23.5 Å². The van der Waals surface area contributed by atoms with Crippen LogP contribution in [0.2, 0.25) is 10.0 Å². The first-order valence-electron chi connectivity index (χ1n) is 6.32. The lowest BCUT2D eigenvalue weighted by Crippen LogP contribution is -2.23. The number of benzene rings is 1. The van der Waals surface area contributed by atoms with Crippen LogP contribution < -0.4 is 10.1 Å². The molecule has 112 valence electrons. The van der Waals surface area contributed by atoms with Gasteiger partial charge in [-0.25, -0.2) is 4.98 Å². The Hall–Kier alpha value is -1.30. The molecule has 0 aliphatic carbocycles. The molecule has 0 spiro atoms. The Bertz CT molecular complexity index is 635. The van der Waals surface area contributed by atoms with Gasteiger partial charge in [-0.15, -0.1) is 11.3 Å². The zero-order chi connectivity index (χ0) is 15.4. The third-order valence-corrected chi connectivity index (χ3v) is 4.03. The maximum atomic E-state index is 12.1. The van der Waals surface area contributed by atoms with Crippen molar-refractivity contribution >= 4 is 40.4 Å². The molecule has 1 amide bonds. The Morgan fingerprint density at radius 2 is 2.05 bits per heavy atom. The van der Waals surface area contributed by atoms with Gasteiger partial charge in [0.15, 0.2) is 5.75 Å². The van der Waals surface area contributed by atoms with E-state index >= 15 is 0 Å². The number of aromatic nitrogens is 1. The van der Waals surface area contributed by atoms with Gasteiger partial charge in [-0.1, -0.05) is 23.2 Å². The van der Waals surface area contributed by atoms with Crippen LogP contribution in [0.5, 0.6) is 5.75 Å². The molecule has 0 bridgehead atoms. The largest absolute Gasteiger partial charge is 0.491 e. The number of carbonyl (C=O) groups excluding carboxylic acids is 1. The summed E-state index contributed by atoms with van der Waals surface area (Å²) in [6, 6.07) is 3.08. The minimum atomic E-state index is -0.257. The second kappa shape index (κ2) is 7.11. The van der Waals surface area contributed by atoms with Crippen molar-refractivity contribution in [1.29, 1.82) is 0 Å². The zero-order valence-corrected chi connectivity index (χ0v) is 13.9. The number of ether oxygens (including phenoxy) is 1. The van der Waals surface area contributed by atoms with Crippen molar-refractivity contribution in [3.63, 3.8) is 0 Å². The van der Waals surface area contributed by atoms with E-state index in [4.69, 9.17) is 27.9 Å². The molecule has 2 rings (SSSR count). The first-order chi connectivity index (χ1) is 10.0. The Morgan fingerprint density at radius 1 is 1.38 bits per heavy atom. The van der Waals surface area contributed by atoms with Gasteiger partial charge >= 0.3 is 0 Å². The summed E-state index contributed by atoms with van der Waals surface area (Å²) < 4.78 is 5.33. The molecule has 0 aliphatic rings. The maximum absolute atomic E-state index is 12.1. The summed E-state index contributed by atoms with van der Waals surface area (Å²) in [6.07, 6.45) is 0. The molecule has 4 nitrogen and oxygen atoms in total. The minimum absolute atomic E-state index is 0.257. The Balaban J connectivity index is 2.08. The van der Waals surface area contributed by atoms with Gasteiger partial charge in [0.2, 0.25) is 0 Å². The molecule has 1 aromatic heterocycles. The molecule has 0 atom stereocenters. The molecular formula is C14H14Cl2N2O2S. The topological polar surface area (TPSA) is 51.2 Å². The van der Waals surface area contributed by atoms with E-state index < -0.39 is 0 Å². The zero-order valence-electron chi connectivity index (χ0n) is 11.6. The third kappa shape index (κ3) is 4.09. The molecule has 0 saturated carbocycles. The maximum Gasteiger partial charge on any atom is 0.251 e. The highest BCUT2D eigenvalue weighted by molar-refractivity contribution is 7.09. The minimum Gasteiger partial charge on any atom is -0.491 e. The van der Waals surface area contributed by atoms with Crippen LogP contribution in [0.25, 0.3) is 0 Å². The van der Waals surface area contributed by atoms with Crippen LogP contribution in [-0.2, 0) is 6.54 Å². The summed E-state index contributed by atoms with van der Waals surface area (Å²) in [5.41, 5.74) is 1.22.